The number of hydrogen-bond acceptors (Lipinski definition) is 2. The SMILES string of the molecule is CCc1ccc(CN2CC(=O)NC3(CCCC3)C2=O)cc1. The van der Waals surface area contributed by atoms with E-state index in [1.54, 1.807) is 4.90 Å². The third-order valence-corrected chi connectivity index (χ3v) is 4.67. The van der Waals surface area contributed by atoms with Gasteiger partial charge in [0.2, 0.25) is 11.8 Å². The molecule has 1 aromatic carbocycles. The van der Waals surface area contributed by atoms with E-state index in [-0.39, 0.29) is 18.4 Å². The second-order valence-corrected chi connectivity index (χ2v) is 6.17. The maximum absolute atomic E-state index is 12.7. The Kier molecular flexibility index (Phi) is 3.70. The summed E-state index contributed by atoms with van der Waals surface area (Å²) in [7, 11) is 0. The summed E-state index contributed by atoms with van der Waals surface area (Å²) in [5, 5.41) is 2.95. The van der Waals surface area contributed by atoms with E-state index >= 15 is 0 Å². The van der Waals surface area contributed by atoms with Crippen molar-refractivity contribution in [1.29, 1.82) is 0 Å². The summed E-state index contributed by atoms with van der Waals surface area (Å²) >= 11 is 0. The molecule has 1 aliphatic heterocycles. The molecule has 0 atom stereocenters. The van der Waals surface area contributed by atoms with Crippen LogP contribution < -0.4 is 5.32 Å². The van der Waals surface area contributed by atoms with Crippen molar-refractivity contribution in [3.05, 3.63) is 35.4 Å². The molecule has 3 rings (SSSR count). The minimum absolute atomic E-state index is 0.0262. The summed E-state index contributed by atoms with van der Waals surface area (Å²) in [6.45, 7) is 2.82. The molecule has 1 saturated carbocycles. The highest BCUT2D eigenvalue weighted by Gasteiger charge is 2.48. The molecule has 0 radical (unpaired) electrons. The lowest BCUT2D eigenvalue weighted by Crippen LogP contribution is -2.65. The van der Waals surface area contributed by atoms with Crippen molar-refractivity contribution < 1.29 is 9.59 Å². The Labute approximate surface area is 125 Å². The first-order valence-corrected chi connectivity index (χ1v) is 7.81. The minimum Gasteiger partial charge on any atom is -0.340 e. The van der Waals surface area contributed by atoms with Gasteiger partial charge in [-0.05, 0) is 30.4 Å². The monoisotopic (exact) mass is 286 g/mol. The first-order valence-electron chi connectivity index (χ1n) is 7.81. The lowest BCUT2D eigenvalue weighted by atomic mass is 9.92. The van der Waals surface area contributed by atoms with E-state index in [4.69, 9.17) is 0 Å². The van der Waals surface area contributed by atoms with Gasteiger partial charge in [-0.15, -0.1) is 0 Å². The number of nitrogens with zero attached hydrogens (tertiary/aromatic N) is 1. The number of piperazine rings is 1. The van der Waals surface area contributed by atoms with E-state index in [0.717, 1.165) is 37.7 Å². The maximum Gasteiger partial charge on any atom is 0.249 e. The van der Waals surface area contributed by atoms with E-state index in [2.05, 4.69) is 36.5 Å². The van der Waals surface area contributed by atoms with Gasteiger partial charge in [-0.25, -0.2) is 0 Å². The van der Waals surface area contributed by atoms with Crippen LogP contribution >= 0.6 is 0 Å². The van der Waals surface area contributed by atoms with Crippen molar-refractivity contribution in [2.24, 2.45) is 0 Å². The van der Waals surface area contributed by atoms with Gasteiger partial charge in [-0.1, -0.05) is 44.0 Å². The highest BCUT2D eigenvalue weighted by atomic mass is 16.2. The number of rotatable bonds is 3. The normalized spacial score (nSPS) is 20.9. The molecule has 0 bridgehead atoms. The minimum atomic E-state index is -0.612. The van der Waals surface area contributed by atoms with Gasteiger partial charge in [-0.3, -0.25) is 9.59 Å². The number of amides is 2. The average molecular weight is 286 g/mol. The molecule has 1 aliphatic carbocycles. The predicted molar refractivity (Wildman–Crippen MR) is 80.6 cm³/mol. The quantitative estimate of drug-likeness (QED) is 0.924. The molecule has 1 spiro atoms. The van der Waals surface area contributed by atoms with Crippen LogP contribution in [0.15, 0.2) is 24.3 Å². The fourth-order valence-electron chi connectivity index (χ4n) is 3.45. The Morgan fingerprint density at radius 1 is 1.10 bits per heavy atom. The molecule has 1 aromatic rings. The van der Waals surface area contributed by atoms with E-state index in [9.17, 15) is 9.59 Å². The number of nitrogens with one attached hydrogen (secondary N) is 1. The third-order valence-electron chi connectivity index (χ3n) is 4.67. The summed E-state index contributed by atoms with van der Waals surface area (Å²) in [5.41, 5.74) is 1.76. The Hall–Kier alpha value is -1.84. The van der Waals surface area contributed by atoms with Crippen LogP contribution in [-0.2, 0) is 22.6 Å². The van der Waals surface area contributed by atoms with Gasteiger partial charge in [0.25, 0.3) is 0 Å². The van der Waals surface area contributed by atoms with Crippen LogP contribution in [0, 0.1) is 0 Å². The van der Waals surface area contributed by atoms with Crippen molar-refractivity contribution in [3.63, 3.8) is 0 Å². The van der Waals surface area contributed by atoms with Crippen molar-refractivity contribution in [1.82, 2.24) is 10.2 Å². The molecule has 112 valence electrons. The van der Waals surface area contributed by atoms with Crippen molar-refractivity contribution in [2.45, 2.75) is 51.1 Å². The third kappa shape index (κ3) is 2.67. The molecule has 1 N–H and O–H groups in total. The highest BCUT2D eigenvalue weighted by molar-refractivity contribution is 5.98. The van der Waals surface area contributed by atoms with Crippen molar-refractivity contribution in [3.8, 4) is 0 Å². The molecular formula is C17H22N2O2. The van der Waals surface area contributed by atoms with Crippen molar-refractivity contribution >= 4 is 11.8 Å². The molecule has 4 nitrogen and oxygen atoms in total. The summed E-state index contributed by atoms with van der Waals surface area (Å²) in [5.74, 6) is 0.0702. The van der Waals surface area contributed by atoms with Crippen LogP contribution in [-0.4, -0.2) is 28.8 Å². The molecule has 0 unspecified atom stereocenters. The summed E-state index contributed by atoms with van der Waals surface area (Å²) in [6, 6.07) is 8.30. The number of hydrogen-bond donors (Lipinski definition) is 1. The zero-order valence-corrected chi connectivity index (χ0v) is 12.5. The molecule has 1 saturated heterocycles. The average Bonchev–Trinajstić information content (AvgIpc) is 2.94. The zero-order valence-electron chi connectivity index (χ0n) is 12.5. The molecule has 2 amide bonds. The van der Waals surface area contributed by atoms with E-state index < -0.39 is 5.54 Å². The fraction of sp³-hybridized carbons (Fsp3) is 0.529. The van der Waals surface area contributed by atoms with E-state index in [1.165, 1.54) is 5.56 Å². The van der Waals surface area contributed by atoms with Crippen LogP contribution in [0.5, 0.6) is 0 Å². The van der Waals surface area contributed by atoms with Gasteiger partial charge in [0.1, 0.15) is 5.54 Å². The number of carbonyl (C=O) groups is 2. The van der Waals surface area contributed by atoms with Crippen LogP contribution in [0.25, 0.3) is 0 Å². The topological polar surface area (TPSA) is 49.4 Å². The Balaban J connectivity index is 1.77. The summed E-state index contributed by atoms with van der Waals surface area (Å²) in [6.07, 6.45) is 4.61. The molecule has 2 aliphatic rings. The second kappa shape index (κ2) is 5.51. The van der Waals surface area contributed by atoms with Crippen LogP contribution in [0.3, 0.4) is 0 Å². The highest BCUT2D eigenvalue weighted by Crippen LogP contribution is 2.33. The molecule has 2 fully saturated rings. The second-order valence-electron chi connectivity index (χ2n) is 6.17. The van der Waals surface area contributed by atoms with Crippen molar-refractivity contribution in [2.75, 3.05) is 6.54 Å². The molecule has 21 heavy (non-hydrogen) atoms. The van der Waals surface area contributed by atoms with Gasteiger partial charge in [0, 0.05) is 6.54 Å². The van der Waals surface area contributed by atoms with Gasteiger partial charge in [0.05, 0.1) is 6.54 Å². The lowest BCUT2D eigenvalue weighted by Gasteiger charge is -2.39. The zero-order chi connectivity index (χ0) is 14.9. The maximum atomic E-state index is 12.7. The van der Waals surface area contributed by atoms with Crippen LogP contribution in [0.2, 0.25) is 0 Å². The number of carbonyl (C=O) groups excluding carboxylic acids is 2. The van der Waals surface area contributed by atoms with Gasteiger partial charge in [0.15, 0.2) is 0 Å². The van der Waals surface area contributed by atoms with Gasteiger partial charge < -0.3 is 10.2 Å². The summed E-state index contributed by atoms with van der Waals surface area (Å²) < 4.78 is 0. The fourth-order valence-corrected chi connectivity index (χ4v) is 3.45. The lowest BCUT2D eigenvalue weighted by molar-refractivity contribution is -0.150. The molecule has 1 heterocycles. The first-order chi connectivity index (χ1) is 10.1. The van der Waals surface area contributed by atoms with Crippen LogP contribution in [0.4, 0.5) is 0 Å². The predicted octanol–water partition coefficient (Wildman–Crippen LogP) is 2.02. The Morgan fingerprint density at radius 2 is 1.71 bits per heavy atom. The summed E-state index contributed by atoms with van der Waals surface area (Å²) in [4.78, 5) is 26.4. The molecule has 4 heteroatoms. The molecule has 0 aromatic heterocycles. The Bertz CT molecular complexity index is 544. The number of aryl methyl sites for hydroxylation is 1. The van der Waals surface area contributed by atoms with Gasteiger partial charge >= 0.3 is 0 Å². The standard InChI is InChI=1S/C17H22N2O2/c1-2-13-5-7-14(8-6-13)11-19-12-15(20)18-17(16(19)21)9-3-4-10-17/h5-8H,2-4,9-12H2,1H3,(H,18,20). The molecular weight excluding hydrogens is 264 g/mol. The van der Waals surface area contributed by atoms with E-state index in [1.807, 2.05) is 0 Å². The Morgan fingerprint density at radius 3 is 2.33 bits per heavy atom. The first kappa shape index (κ1) is 14.1. The van der Waals surface area contributed by atoms with Gasteiger partial charge in [-0.2, -0.15) is 0 Å². The van der Waals surface area contributed by atoms with E-state index in [0.29, 0.717) is 6.54 Å². The number of benzene rings is 1. The smallest absolute Gasteiger partial charge is 0.249 e. The van der Waals surface area contributed by atoms with Crippen LogP contribution in [0.1, 0.15) is 43.7 Å². The largest absolute Gasteiger partial charge is 0.340 e.